The molecule has 2 aromatic carbocycles. The Balaban J connectivity index is 1.99. The fraction of sp³-hybridized carbons (Fsp3) is 0.304. The van der Waals surface area contributed by atoms with Crippen molar-refractivity contribution < 1.29 is 14.3 Å². The van der Waals surface area contributed by atoms with Gasteiger partial charge in [-0.05, 0) is 56.0 Å². The van der Waals surface area contributed by atoms with Gasteiger partial charge in [0.1, 0.15) is 0 Å². The number of allylic oxidation sites excluding steroid dienone is 1. The van der Waals surface area contributed by atoms with E-state index in [0.717, 1.165) is 22.4 Å². The number of esters is 1. The van der Waals surface area contributed by atoms with Crippen molar-refractivity contribution in [1.82, 2.24) is 10.6 Å². The Labute approximate surface area is 175 Å². The van der Waals surface area contributed by atoms with E-state index in [2.05, 4.69) is 35.8 Å². The highest BCUT2D eigenvalue weighted by Gasteiger charge is 2.33. The molecule has 0 radical (unpaired) electrons. The Morgan fingerprint density at radius 1 is 1.14 bits per heavy atom. The summed E-state index contributed by atoms with van der Waals surface area (Å²) in [6.07, 6.45) is 0. The molecule has 0 saturated heterocycles. The lowest BCUT2D eigenvalue weighted by atomic mass is 9.89. The van der Waals surface area contributed by atoms with Gasteiger partial charge >= 0.3 is 12.0 Å². The van der Waals surface area contributed by atoms with Gasteiger partial charge < -0.3 is 15.4 Å². The summed E-state index contributed by atoms with van der Waals surface area (Å²) >= 11 is 1.79. The molecule has 152 valence electrons. The third kappa shape index (κ3) is 4.48. The molecule has 5 nitrogen and oxygen atoms in total. The molecule has 2 N–H and O–H groups in total. The van der Waals surface area contributed by atoms with Gasteiger partial charge in [-0.2, -0.15) is 0 Å². The zero-order valence-electron chi connectivity index (χ0n) is 17.4. The topological polar surface area (TPSA) is 67.4 Å². The Kier molecular flexibility index (Phi) is 6.33. The Hall–Kier alpha value is -2.73. The Bertz CT molecular complexity index is 998. The number of hydrogen-bond acceptors (Lipinski definition) is 4. The van der Waals surface area contributed by atoms with Crippen LogP contribution in [0.1, 0.15) is 40.8 Å². The normalized spacial score (nSPS) is 16.3. The van der Waals surface area contributed by atoms with Crippen LogP contribution in [0.3, 0.4) is 0 Å². The molecule has 1 unspecified atom stereocenters. The minimum Gasteiger partial charge on any atom is -0.466 e. The zero-order chi connectivity index (χ0) is 21.1. The molecular formula is C23H26N2O3S. The summed E-state index contributed by atoms with van der Waals surface area (Å²) in [5.41, 5.74) is 6.45. The maximum Gasteiger partial charge on any atom is 0.337 e. The van der Waals surface area contributed by atoms with Crippen molar-refractivity contribution in [2.75, 3.05) is 7.11 Å². The quantitative estimate of drug-likeness (QED) is 0.554. The average Bonchev–Trinajstić information content (AvgIpc) is 2.68. The molecule has 1 atom stereocenters. The summed E-state index contributed by atoms with van der Waals surface area (Å²) in [6.45, 7) is 7.90. The van der Waals surface area contributed by atoms with Gasteiger partial charge in [0, 0.05) is 16.3 Å². The van der Waals surface area contributed by atoms with E-state index < -0.39 is 12.0 Å². The number of urea groups is 1. The number of methoxy groups -OCH3 is 1. The molecule has 3 rings (SSSR count). The van der Waals surface area contributed by atoms with Crippen molar-refractivity contribution in [1.29, 1.82) is 0 Å². The zero-order valence-corrected chi connectivity index (χ0v) is 18.2. The van der Waals surface area contributed by atoms with Crippen LogP contribution in [0.15, 0.2) is 52.6 Å². The van der Waals surface area contributed by atoms with Crippen LogP contribution in [0.4, 0.5) is 4.79 Å². The summed E-state index contributed by atoms with van der Waals surface area (Å²) in [6, 6.07) is 11.7. The van der Waals surface area contributed by atoms with Gasteiger partial charge in [-0.15, -0.1) is 11.8 Å². The highest BCUT2D eigenvalue weighted by molar-refractivity contribution is 7.98. The van der Waals surface area contributed by atoms with Crippen LogP contribution in [0.2, 0.25) is 0 Å². The van der Waals surface area contributed by atoms with Crippen molar-refractivity contribution >= 4 is 23.8 Å². The fourth-order valence-electron chi connectivity index (χ4n) is 3.59. The highest BCUT2D eigenvalue weighted by atomic mass is 32.2. The monoisotopic (exact) mass is 410 g/mol. The predicted octanol–water partition coefficient (Wildman–Crippen LogP) is 4.71. The van der Waals surface area contributed by atoms with Gasteiger partial charge in [0.2, 0.25) is 0 Å². The van der Waals surface area contributed by atoms with Gasteiger partial charge in [-0.1, -0.05) is 35.9 Å². The lowest BCUT2D eigenvalue weighted by molar-refractivity contribution is -0.136. The first kappa shape index (κ1) is 21.0. The third-order valence-corrected chi connectivity index (χ3v) is 6.39. The molecule has 29 heavy (non-hydrogen) atoms. The standard InChI is InChI=1S/C23H26N2O3S/c1-13-10-17(12-29-19-9-7-6-8-14(19)2)15(3)18(11-13)21-20(22(26)28-5)16(4)24-23(27)25-21/h6-11,21H,12H2,1-5H3,(H2,24,25,27). The second kappa shape index (κ2) is 8.74. The van der Waals surface area contributed by atoms with E-state index in [4.69, 9.17) is 4.74 Å². The molecule has 2 amide bonds. The number of thioether (sulfide) groups is 1. The van der Waals surface area contributed by atoms with E-state index in [9.17, 15) is 9.59 Å². The first-order valence-electron chi connectivity index (χ1n) is 9.47. The Morgan fingerprint density at radius 2 is 1.86 bits per heavy atom. The molecule has 1 aliphatic rings. The van der Waals surface area contributed by atoms with Gasteiger partial charge in [0.25, 0.3) is 0 Å². The minimum atomic E-state index is -0.543. The van der Waals surface area contributed by atoms with E-state index in [0.29, 0.717) is 11.3 Å². The maximum atomic E-state index is 12.4. The lowest BCUT2D eigenvalue weighted by Gasteiger charge is -2.29. The summed E-state index contributed by atoms with van der Waals surface area (Å²) in [4.78, 5) is 25.8. The van der Waals surface area contributed by atoms with Crippen LogP contribution in [-0.2, 0) is 15.3 Å². The maximum absolute atomic E-state index is 12.4. The molecule has 2 aromatic rings. The summed E-state index contributed by atoms with van der Waals surface area (Å²) in [7, 11) is 1.35. The van der Waals surface area contributed by atoms with Crippen LogP contribution in [0.25, 0.3) is 0 Å². The van der Waals surface area contributed by atoms with Crippen molar-refractivity contribution in [3.63, 3.8) is 0 Å². The summed E-state index contributed by atoms with van der Waals surface area (Å²) < 4.78 is 4.97. The van der Waals surface area contributed by atoms with Crippen LogP contribution in [-0.4, -0.2) is 19.1 Å². The predicted molar refractivity (Wildman–Crippen MR) is 116 cm³/mol. The highest BCUT2D eigenvalue weighted by Crippen LogP contribution is 2.34. The molecule has 0 fully saturated rings. The smallest absolute Gasteiger partial charge is 0.337 e. The largest absolute Gasteiger partial charge is 0.466 e. The van der Waals surface area contributed by atoms with E-state index >= 15 is 0 Å². The van der Waals surface area contributed by atoms with Crippen LogP contribution in [0.5, 0.6) is 0 Å². The second-order valence-corrected chi connectivity index (χ2v) is 8.27. The van der Waals surface area contributed by atoms with Crippen molar-refractivity contribution in [3.05, 3.63) is 75.5 Å². The van der Waals surface area contributed by atoms with Gasteiger partial charge in [-0.3, -0.25) is 0 Å². The number of hydrogen-bond donors (Lipinski definition) is 2. The number of carbonyl (C=O) groups is 2. The molecule has 1 aliphatic heterocycles. The molecule has 1 heterocycles. The number of amides is 2. The molecule has 0 bridgehead atoms. The number of carbonyl (C=O) groups excluding carboxylic acids is 2. The minimum absolute atomic E-state index is 0.322. The number of aryl methyl sites for hydroxylation is 2. The summed E-state index contributed by atoms with van der Waals surface area (Å²) in [5, 5.41) is 5.56. The molecule has 6 heteroatoms. The second-order valence-electron chi connectivity index (χ2n) is 7.25. The number of benzene rings is 2. The number of ether oxygens (including phenoxy) is 1. The number of rotatable bonds is 5. The molecule has 0 saturated carbocycles. The van der Waals surface area contributed by atoms with Crippen molar-refractivity contribution in [2.45, 2.75) is 44.4 Å². The molecule has 0 aliphatic carbocycles. The van der Waals surface area contributed by atoms with Crippen molar-refractivity contribution in [3.8, 4) is 0 Å². The van der Waals surface area contributed by atoms with Crippen LogP contribution >= 0.6 is 11.8 Å². The van der Waals surface area contributed by atoms with Gasteiger partial charge in [0.05, 0.1) is 18.7 Å². The third-order valence-electron chi connectivity index (χ3n) is 5.16. The summed E-state index contributed by atoms with van der Waals surface area (Å²) in [5.74, 6) is 0.359. The van der Waals surface area contributed by atoms with Gasteiger partial charge in [0.15, 0.2) is 0 Å². The van der Waals surface area contributed by atoms with Crippen molar-refractivity contribution in [2.24, 2.45) is 0 Å². The van der Waals surface area contributed by atoms with Crippen LogP contribution in [0, 0.1) is 20.8 Å². The van der Waals surface area contributed by atoms with E-state index in [1.165, 1.54) is 23.1 Å². The first-order chi connectivity index (χ1) is 13.8. The van der Waals surface area contributed by atoms with E-state index in [1.54, 1.807) is 18.7 Å². The number of nitrogens with one attached hydrogen (secondary N) is 2. The fourth-order valence-corrected chi connectivity index (χ4v) is 4.68. The first-order valence-corrected chi connectivity index (χ1v) is 10.5. The van der Waals surface area contributed by atoms with Crippen LogP contribution < -0.4 is 10.6 Å². The van der Waals surface area contributed by atoms with E-state index in [-0.39, 0.29) is 6.03 Å². The molecule has 0 aromatic heterocycles. The lowest BCUT2D eigenvalue weighted by Crippen LogP contribution is -2.45. The Morgan fingerprint density at radius 3 is 2.55 bits per heavy atom. The molecular weight excluding hydrogens is 384 g/mol. The SMILES string of the molecule is COC(=O)C1=C(C)NC(=O)NC1c1cc(C)cc(CSc2ccccc2C)c1C. The van der Waals surface area contributed by atoms with E-state index in [1.807, 2.05) is 32.0 Å². The average molecular weight is 411 g/mol. The van der Waals surface area contributed by atoms with Gasteiger partial charge in [-0.25, -0.2) is 9.59 Å². The molecule has 0 spiro atoms.